The first-order chi connectivity index (χ1) is 16.2. The molecule has 2 aliphatic rings. The molecule has 2 aromatic carbocycles. The van der Waals surface area contributed by atoms with Gasteiger partial charge in [0.05, 0.1) is 11.6 Å². The number of anilines is 2. The lowest BCUT2D eigenvalue weighted by atomic mass is 9.72. The summed E-state index contributed by atoms with van der Waals surface area (Å²) >= 11 is 0. The third-order valence-electron chi connectivity index (χ3n) is 7.70. The predicted octanol–water partition coefficient (Wildman–Crippen LogP) is 6.34. The van der Waals surface area contributed by atoms with Crippen LogP contribution in [0.5, 0.6) is 0 Å². The highest BCUT2D eigenvalue weighted by atomic mass is 15.1. The molecule has 0 unspecified atom stereocenters. The average Bonchev–Trinajstić information content (AvgIpc) is 3.09. The van der Waals surface area contributed by atoms with E-state index in [0.717, 1.165) is 62.3 Å². The highest BCUT2D eigenvalue weighted by molar-refractivity contribution is 5.69. The summed E-state index contributed by atoms with van der Waals surface area (Å²) in [5.41, 5.74) is 8.27. The van der Waals surface area contributed by atoms with E-state index in [4.69, 9.17) is 0 Å². The van der Waals surface area contributed by atoms with Crippen LogP contribution in [0.25, 0.3) is 0 Å². The quantitative estimate of drug-likeness (QED) is 0.553. The molecule has 2 aliphatic heterocycles. The largest absolute Gasteiger partial charge is 0.358 e. The summed E-state index contributed by atoms with van der Waals surface area (Å²) in [6.45, 7) is 18.4. The molecule has 1 spiro atoms. The molecule has 2 heterocycles. The topological polar surface area (TPSA) is 42.3 Å². The van der Waals surface area contributed by atoms with Crippen molar-refractivity contribution in [1.82, 2.24) is 4.90 Å². The van der Waals surface area contributed by atoms with Gasteiger partial charge in [0.2, 0.25) is 0 Å². The van der Waals surface area contributed by atoms with E-state index in [-0.39, 0.29) is 10.8 Å². The maximum absolute atomic E-state index is 9.36. The number of nitrogens with zero attached hydrogens (tertiary/aromatic N) is 3. The second-order valence-electron chi connectivity index (χ2n) is 10.9. The SMILES string of the molecule is C=CN(C)c1ccc(CCCN2CCC3(CC2)C(=C)Nc2ccc(C#N)cc23)cc1C(C)(C)C. The van der Waals surface area contributed by atoms with Gasteiger partial charge < -0.3 is 15.1 Å². The molecule has 0 radical (unpaired) electrons. The van der Waals surface area contributed by atoms with E-state index in [0.29, 0.717) is 0 Å². The predicted molar refractivity (Wildman–Crippen MR) is 143 cm³/mol. The van der Waals surface area contributed by atoms with Crippen molar-refractivity contribution in [3.8, 4) is 6.07 Å². The van der Waals surface area contributed by atoms with Gasteiger partial charge in [0, 0.05) is 29.5 Å². The van der Waals surface area contributed by atoms with Gasteiger partial charge >= 0.3 is 0 Å². The Morgan fingerprint density at radius 2 is 1.91 bits per heavy atom. The lowest BCUT2D eigenvalue weighted by molar-refractivity contribution is 0.179. The number of hydrogen-bond donors (Lipinski definition) is 1. The lowest BCUT2D eigenvalue weighted by Gasteiger charge is -2.40. The van der Waals surface area contributed by atoms with Gasteiger partial charge in [-0.3, -0.25) is 0 Å². The van der Waals surface area contributed by atoms with Gasteiger partial charge in [-0.15, -0.1) is 0 Å². The van der Waals surface area contributed by atoms with Gasteiger partial charge in [0.25, 0.3) is 0 Å². The van der Waals surface area contributed by atoms with Crippen LogP contribution in [-0.4, -0.2) is 31.6 Å². The fourth-order valence-corrected chi connectivity index (χ4v) is 5.55. The molecule has 4 rings (SSSR count). The van der Waals surface area contributed by atoms with E-state index in [9.17, 15) is 5.26 Å². The molecule has 1 N–H and O–H groups in total. The Kier molecular flexibility index (Phi) is 6.60. The Bertz CT molecular complexity index is 1120. The van der Waals surface area contributed by atoms with E-state index in [1.54, 1.807) is 0 Å². The number of hydrogen-bond acceptors (Lipinski definition) is 4. The molecule has 0 aromatic heterocycles. The zero-order chi connectivity index (χ0) is 24.5. The number of piperidine rings is 1. The second-order valence-corrected chi connectivity index (χ2v) is 10.9. The minimum atomic E-state index is -0.0344. The van der Waals surface area contributed by atoms with E-state index < -0.39 is 0 Å². The van der Waals surface area contributed by atoms with Crippen molar-refractivity contribution in [1.29, 1.82) is 5.26 Å². The highest BCUT2D eigenvalue weighted by Gasteiger charge is 2.44. The first-order valence-corrected chi connectivity index (χ1v) is 12.4. The van der Waals surface area contributed by atoms with Crippen LogP contribution in [0.1, 0.15) is 62.3 Å². The molecule has 0 bridgehead atoms. The smallest absolute Gasteiger partial charge is 0.0991 e. The van der Waals surface area contributed by atoms with Gasteiger partial charge in [0.1, 0.15) is 0 Å². The first kappa shape index (κ1) is 24.1. The van der Waals surface area contributed by atoms with Gasteiger partial charge in [0.15, 0.2) is 0 Å². The lowest BCUT2D eigenvalue weighted by Crippen LogP contribution is -2.43. The van der Waals surface area contributed by atoms with Crippen molar-refractivity contribution in [2.45, 2.75) is 57.3 Å². The standard InChI is InChI=1S/C30H38N4/c1-7-33(6)28-13-11-23(19-26(28)29(3,4)5)9-8-16-34-17-14-30(15-18-34)22(2)32-27-12-10-24(21-31)20-25(27)30/h7,10-13,19-20,32H,1-2,8-9,14-18H2,3-6H3. The third-order valence-corrected chi connectivity index (χ3v) is 7.70. The highest BCUT2D eigenvalue weighted by Crippen LogP contribution is 2.49. The van der Waals surface area contributed by atoms with E-state index in [1.165, 1.54) is 22.4 Å². The molecule has 0 atom stereocenters. The number of nitriles is 1. The average molecular weight is 455 g/mol. The number of aryl methyl sites for hydroxylation is 1. The van der Waals surface area contributed by atoms with Crippen LogP contribution in [0.15, 0.2) is 61.5 Å². The number of rotatable bonds is 6. The van der Waals surface area contributed by atoms with E-state index in [2.05, 4.69) is 86.4 Å². The molecule has 34 heavy (non-hydrogen) atoms. The number of benzene rings is 2. The summed E-state index contributed by atoms with van der Waals surface area (Å²) in [4.78, 5) is 4.70. The first-order valence-electron chi connectivity index (χ1n) is 12.4. The minimum Gasteiger partial charge on any atom is -0.358 e. The number of fused-ring (bicyclic) bond motifs is 2. The third kappa shape index (κ3) is 4.50. The van der Waals surface area contributed by atoms with Crippen LogP contribution in [0.2, 0.25) is 0 Å². The molecule has 0 amide bonds. The maximum atomic E-state index is 9.36. The fraction of sp³-hybridized carbons (Fsp3) is 0.433. The van der Waals surface area contributed by atoms with Gasteiger partial charge in [-0.25, -0.2) is 0 Å². The molecular weight excluding hydrogens is 416 g/mol. The number of allylic oxidation sites excluding steroid dienone is 1. The fourth-order valence-electron chi connectivity index (χ4n) is 5.55. The van der Waals surface area contributed by atoms with Crippen LogP contribution < -0.4 is 10.2 Å². The van der Waals surface area contributed by atoms with Gasteiger partial charge in [-0.2, -0.15) is 5.26 Å². The molecule has 4 nitrogen and oxygen atoms in total. The summed E-state index contributed by atoms with van der Waals surface area (Å²) in [6.07, 6.45) is 6.23. The normalized spacial score (nSPS) is 17.2. The van der Waals surface area contributed by atoms with E-state index in [1.807, 2.05) is 18.3 Å². The summed E-state index contributed by atoms with van der Waals surface area (Å²) in [7, 11) is 2.06. The Morgan fingerprint density at radius 3 is 2.56 bits per heavy atom. The maximum Gasteiger partial charge on any atom is 0.0991 e. The zero-order valence-electron chi connectivity index (χ0n) is 21.2. The molecular formula is C30H38N4. The molecule has 1 saturated heterocycles. The van der Waals surface area contributed by atoms with Crippen molar-refractivity contribution >= 4 is 11.4 Å². The zero-order valence-corrected chi connectivity index (χ0v) is 21.2. The van der Waals surface area contributed by atoms with Crippen molar-refractivity contribution in [3.63, 3.8) is 0 Å². The van der Waals surface area contributed by atoms with Crippen molar-refractivity contribution < 1.29 is 0 Å². The number of likely N-dealkylation sites (tertiary alicyclic amines) is 1. The summed E-state index contributed by atoms with van der Waals surface area (Å²) < 4.78 is 0. The van der Waals surface area contributed by atoms with Crippen LogP contribution in [0.3, 0.4) is 0 Å². The van der Waals surface area contributed by atoms with Gasteiger partial charge in [-0.1, -0.05) is 46.1 Å². The summed E-state index contributed by atoms with van der Waals surface area (Å²) in [5, 5.41) is 12.9. The second kappa shape index (κ2) is 9.31. The van der Waals surface area contributed by atoms with Crippen LogP contribution in [0.4, 0.5) is 11.4 Å². The molecule has 178 valence electrons. The monoisotopic (exact) mass is 454 g/mol. The Hall–Kier alpha value is -3.03. The van der Waals surface area contributed by atoms with Crippen LogP contribution in [0, 0.1) is 11.3 Å². The van der Waals surface area contributed by atoms with Crippen molar-refractivity contribution in [2.24, 2.45) is 0 Å². The van der Waals surface area contributed by atoms with Crippen molar-refractivity contribution in [2.75, 3.05) is 36.9 Å². The Morgan fingerprint density at radius 1 is 1.18 bits per heavy atom. The molecule has 1 fully saturated rings. The molecule has 2 aromatic rings. The Balaban J connectivity index is 1.38. The molecule has 0 saturated carbocycles. The molecule has 0 aliphatic carbocycles. The summed E-state index contributed by atoms with van der Waals surface area (Å²) in [6, 6.07) is 15.2. The van der Waals surface area contributed by atoms with Crippen LogP contribution >= 0.6 is 0 Å². The van der Waals surface area contributed by atoms with E-state index >= 15 is 0 Å². The Labute approximate surface area is 205 Å². The molecule has 4 heteroatoms. The summed E-state index contributed by atoms with van der Waals surface area (Å²) in [5.74, 6) is 0. The van der Waals surface area contributed by atoms with Crippen LogP contribution in [-0.2, 0) is 17.3 Å². The number of nitrogens with one attached hydrogen (secondary N) is 1. The minimum absolute atomic E-state index is 0.0344. The van der Waals surface area contributed by atoms with Crippen molar-refractivity contribution in [3.05, 3.63) is 83.7 Å². The van der Waals surface area contributed by atoms with Gasteiger partial charge in [-0.05, 0) is 97.9 Å².